The lowest BCUT2D eigenvalue weighted by Gasteiger charge is -2.27. The highest BCUT2D eigenvalue weighted by Gasteiger charge is 2.19. The second-order valence-corrected chi connectivity index (χ2v) is 6.78. The zero-order valence-electron chi connectivity index (χ0n) is 15.3. The number of hydrogen-bond donors (Lipinski definition) is 0. The summed E-state index contributed by atoms with van der Waals surface area (Å²) in [6.07, 6.45) is 2.91. The van der Waals surface area contributed by atoms with E-state index in [-0.39, 0.29) is 18.0 Å². The predicted molar refractivity (Wildman–Crippen MR) is 106 cm³/mol. The van der Waals surface area contributed by atoms with Gasteiger partial charge >= 0.3 is 0 Å². The lowest BCUT2D eigenvalue weighted by atomic mass is 9.99. The molecular weight excluding hydrogens is 338 g/mol. The highest BCUT2D eigenvalue weighted by atomic mass is 16.2. The molecule has 0 aliphatic carbocycles. The van der Waals surface area contributed by atoms with Crippen molar-refractivity contribution in [2.75, 3.05) is 13.1 Å². The van der Waals surface area contributed by atoms with Gasteiger partial charge in [-0.05, 0) is 30.5 Å². The molecule has 2 aromatic carbocycles. The summed E-state index contributed by atoms with van der Waals surface area (Å²) in [6.45, 7) is 3.04. The first-order valence-electron chi connectivity index (χ1n) is 9.12. The number of rotatable bonds is 3. The Bertz CT molecular complexity index is 1080. The van der Waals surface area contributed by atoms with Gasteiger partial charge in [-0.1, -0.05) is 54.6 Å². The number of carbonyl (C=O) groups is 1. The third kappa shape index (κ3) is 3.40. The Morgan fingerprint density at radius 1 is 1.04 bits per heavy atom. The fourth-order valence-electron chi connectivity index (χ4n) is 3.55. The molecule has 27 heavy (non-hydrogen) atoms. The summed E-state index contributed by atoms with van der Waals surface area (Å²) in [5.41, 5.74) is 2.99. The zero-order valence-corrected chi connectivity index (χ0v) is 15.3. The van der Waals surface area contributed by atoms with Crippen LogP contribution in [0.25, 0.3) is 16.3 Å². The Morgan fingerprint density at radius 2 is 1.74 bits per heavy atom. The molecule has 0 saturated heterocycles. The zero-order chi connectivity index (χ0) is 18.8. The summed E-state index contributed by atoms with van der Waals surface area (Å²) in [4.78, 5) is 27.1. The minimum atomic E-state index is -0.220. The van der Waals surface area contributed by atoms with Crippen LogP contribution in [0.1, 0.15) is 17.7 Å². The van der Waals surface area contributed by atoms with Crippen molar-refractivity contribution < 1.29 is 4.79 Å². The second kappa shape index (κ2) is 7.19. The van der Waals surface area contributed by atoms with E-state index >= 15 is 0 Å². The van der Waals surface area contributed by atoms with Crippen LogP contribution in [0, 0.1) is 6.92 Å². The minimum absolute atomic E-state index is 0.0288. The van der Waals surface area contributed by atoms with E-state index in [1.165, 1.54) is 15.8 Å². The standard InChI is InChI=1S/C22H21N3O2/c1-16-19-9-5-6-10-20(19)22(27)25(23-16)15-21(26)24-13-11-18(12-14-24)17-7-3-2-4-8-17/h2-11H,12-15H2,1H3. The third-order valence-electron chi connectivity index (χ3n) is 5.04. The Morgan fingerprint density at radius 3 is 2.44 bits per heavy atom. The normalized spacial score (nSPS) is 14.3. The second-order valence-electron chi connectivity index (χ2n) is 6.78. The molecule has 5 nitrogen and oxygen atoms in total. The van der Waals surface area contributed by atoms with Gasteiger partial charge in [-0.15, -0.1) is 0 Å². The van der Waals surface area contributed by atoms with Gasteiger partial charge in [-0.2, -0.15) is 5.10 Å². The van der Waals surface area contributed by atoms with Crippen molar-refractivity contribution in [3.8, 4) is 0 Å². The number of amides is 1. The van der Waals surface area contributed by atoms with E-state index in [2.05, 4.69) is 23.3 Å². The van der Waals surface area contributed by atoms with Gasteiger partial charge in [0.05, 0.1) is 11.1 Å². The van der Waals surface area contributed by atoms with E-state index in [1.807, 2.05) is 43.3 Å². The van der Waals surface area contributed by atoms with Gasteiger partial charge in [-0.25, -0.2) is 4.68 Å². The number of nitrogens with zero attached hydrogens (tertiary/aromatic N) is 3. The number of aromatic nitrogens is 2. The smallest absolute Gasteiger partial charge is 0.275 e. The topological polar surface area (TPSA) is 55.2 Å². The Hall–Kier alpha value is -3.21. The van der Waals surface area contributed by atoms with E-state index in [0.29, 0.717) is 18.5 Å². The number of aryl methyl sites for hydroxylation is 1. The van der Waals surface area contributed by atoms with Crippen molar-refractivity contribution in [1.29, 1.82) is 0 Å². The molecule has 0 bridgehead atoms. The van der Waals surface area contributed by atoms with Gasteiger partial charge in [-0.3, -0.25) is 9.59 Å². The van der Waals surface area contributed by atoms with Crippen LogP contribution >= 0.6 is 0 Å². The molecule has 0 unspecified atom stereocenters. The fourth-order valence-corrected chi connectivity index (χ4v) is 3.55. The lowest BCUT2D eigenvalue weighted by molar-refractivity contribution is -0.131. The molecule has 5 heteroatoms. The molecular formula is C22H21N3O2. The maximum Gasteiger partial charge on any atom is 0.275 e. The van der Waals surface area contributed by atoms with Crippen LogP contribution in [0.5, 0.6) is 0 Å². The van der Waals surface area contributed by atoms with Gasteiger partial charge in [0.2, 0.25) is 5.91 Å². The Labute approximate surface area is 157 Å². The monoisotopic (exact) mass is 359 g/mol. The van der Waals surface area contributed by atoms with Crippen LogP contribution in [0.4, 0.5) is 0 Å². The lowest BCUT2D eigenvalue weighted by Crippen LogP contribution is -2.39. The first-order chi connectivity index (χ1) is 13.1. The van der Waals surface area contributed by atoms with E-state index in [1.54, 1.807) is 11.0 Å². The summed E-state index contributed by atoms with van der Waals surface area (Å²) in [5, 5.41) is 5.77. The molecule has 1 aliphatic heterocycles. The summed E-state index contributed by atoms with van der Waals surface area (Å²) < 4.78 is 1.29. The van der Waals surface area contributed by atoms with Gasteiger partial charge in [0.25, 0.3) is 5.56 Å². The highest BCUT2D eigenvalue weighted by molar-refractivity contribution is 5.84. The molecule has 1 aromatic heterocycles. The number of benzene rings is 2. The largest absolute Gasteiger partial charge is 0.337 e. The molecule has 0 N–H and O–H groups in total. The molecule has 4 rings (SSSR count). The van der Waals surface area contributed by atoms with Crippen molar-refractivity contribution in [1.82, 2.24) is 14.7 Å². The van der Waals surface area contributed by atoms with Crippen molar-refractivity contribution in [3.63, 3.8) is 0 Å². The van der Waals surface area contributed by atoms with E-state index in [0.717, 1.165) is 17.5 Å². The van der Waals surface area contributed by atoms with Crippen LogP contribution in [0.2, 0.25) is 0 Å². The number of hydrogen-bond acceptors (Lipinski definition) is 3. The van der Waals surface area contributed by atoms with Crippen molar-refractivity contribution >= 4 is 22.3 Å². The van der Waals surface area contributed by atoms with Crippen LogP contribution in [0.15, 0.2) is 65.5 Å². The SMILES string of the molecule is Cc1nn(CC(=O)N2CC=C(c3ccccc3)CC2)c(=O)c2ccccc12. The summed E-state index contributed by atoms with van der Waals surface area (Å²) in [6, 6.07) is 17.6. The predicted octanol–water partition coefficient (Wildman–Crippen LogP) is 3.02. The molecule has 3 aromatic rings. The van der Waals surface area contributed by atoms with Crippen molar-refractivity contribution in [2.24, 2.45) is 0 Å². The first kappa shape index (κ1) is 17.2. The number of fused-ring (bicyclic) bond motifs is 1. The van der Waals surface area contributed by atoms with Crippen molar-refractivity contribution in [3.05, 3.63) is 82.3 Å². The molecule has 1 amide bonds. The Kier molecular flexibility index (Phi) is 4.59. The maximum absolute atomic E-state index is 12.7. The molecule has 0 fully saturated rings. The van der Waals surface area contributed by atoms with E-state index in [9.17, 15) is 9.59 Å². The van der Waals surface area contributed by atoms with Crippen LogP contribution in [-0.2, 0) is 11.3 Å². The van der Waals surface area contributed by atoms with Gasteiger partial charge < -0.3 is 4.90 Å². The van der Waals surface area contributed by atoms with Crippen LogP contribution in [-0.4, -0.2) is 33.7 Å². The molecule has 1 aliphatic rings. The molecule has 2 heterocycles. The summed E-state index contributed by atoms with van der Waals surface area (Å²) in [7, 11) is 0. The van der Waals surface area contributed by atoms with E-state index < -0.39 is 0 Å². The van der Waals surface area contributed by atoms with Crippen molar-refractivity contribution in [2.45, 2.75) is 19.9 Å². The quantitative estimate of drug-likeness (QED) is 0.722. The fraction of sp³-hybridized carbons (Fsp3) is 0.227. The van der Waals surface area contributed by atoms with Gasteiger partial charge in [0, 0.05) is 18.5 Å². The Balaban J connectivity index is 1.52. The van der Waals surface area contributed by atoms with Crippen LogP contribution in [0.3, 0.4) is 0 Å². The number of carbonyl (C=O) groups excluding carboxylic acids is 1. The van der Waals surface area contributed by atoms with Crippen LogP contribution < -0.4 is 5.56 Å². The average Bonchev–Trinajstić information content (AvgIpc) is 2.72. The van der Waals surface area contributed by atoms with Gasteiger partial charge in [0.1, 0.15) is 6.54 Å². The summed E-state index contributed by atoms with van der Waals surface area (Å²) in [5.74, 6) is -0.0809. The summed E-state index contributed by atoms with van der Waals surface area (Å²) >= 11 is 0. The van der Waals surface area contributed by atoms with Gasteiger partial charge in [0.15, 0.2) is 0 Å². The highest BCUT2D eigenvalue weighted by Crippen LogP contribution is 2.22. The first-order valence-corrected chi connectivity index (χ1v) is 9.12. The molecule has 136 valence electrons. The third-order valence-corrected chi connectivity index (χ3v) is 5.04. The van der Waals surface area contributed by atoms with E-state index in [4.69, 9.17) is 0 Å². The molecule has 0 spiro atoms. The molecule has 0 saturated carbocycles. The minimum Gasteiger partial charge on any atom is -0.337 e. The molecule has 0 radical (unpaired) electrons. The average molecular weight is 359 g/mol. The maximum atomic E-state index is 12.7. The molecule has 0 atom stereocenters.